The molecule has 138 valence electrons. The Morgan fingerprint density at radius 1 is 0.808 bits per heavy atom. The van der Waals surface area contributed by atoms with Crippen molar-refractivity contribution in [2.45, 2.75) is 57.0 Å². The highest BCUT2D eigenvalue weighted by molar-refractivity contribution is 5.81. The van der Waals surface area contributed by atoms with Crippen LogP contribution < -0.4 is 5.32 Å². The normalized spacial score (nSPS) is 19.4. The first-order valence-corrected chi connectivity index (χ1v) is 9.97. The second-order valence-electron chi connectivity index (χ2n) is 9.09. The van der Waals surface area contributed by atoms with Gasteiger partial charge in [-0.2, -0.15) is 0 Å². The zero-order chi connectivity index (χ0) is 18.6. The van der Waals surface area contributed by atoms with Gasteiger partial charge in [-0.15, -0.1) is 0 Å². The molecule has 0 saturated carbocycles. The van der Waals surface area contributed by atoms with Crippen LogP contribution in [0.5, 0.6) is 0 Å². The Labute approximate surface area is 158 Å². The van der Waals surface area contributed by atoms with E-state index in [0.29, 0.717) is 0 Å². The Morgan fingerprint density at radius 2 is 1.27 bits per heavy atom. The molecule has 0 atom stereocenters. The van der Waals surface area contributed by atoms with Gasteiger partial charge in [-0.25, -0.2) is 0 Å². The number of likely N-dealkylation sites (N-methyl/N-ethyl adjacent to an activating group) is 1. The van der Waals surface area contributed by atoms with E-state index in [1.54, 1.807) is 11.1 Å². The third-order valence-corrected chi connectivity index (χ3v) is 7.74. The highest BCUT2D eigenvalue weighted by Crippen LogP contribution is 2.54. The van der Waals surface area contributed by atoms with Crippen molar-refractivity contribution in [3.8, 4) is 11.1 Å². The summed E-state index contributed by atoms with van der Waals surface area (Å²) < 4.78 is 0. The lowest BCUT2D eigenvalue weighted by Crippen LogP contribution is -2.65. The van der Waals surface area contributed by atoms with Crippen LogP contribution in [0.2, 0.25) is 0 Å². The lowest BCUT2D eigenvalue weighted by atomic mass is 9.69. The van der Waals surface area contributed by atoms with E-state index in [0.717, 1.165) is 13.1 Å². The molecular formula is C24H32N2. The summed E-state index contributed by atoms with van der Waals surface area (Å²) in [5.41, 5.74) is 6.38. The van der Waals surface area contributed by atoms with E-state index in [1.165, 1.54) is 24.0 Å². The lowest BCUT2D eigenvalue weighted by Gasteiger charge is -2.53. The number of likely N-dealkylation sites (tertiary alicyclic amines) is 1. The molecule has 0 amide bonds. The molecule has 0 radical (unpaired) electrons. The first-order valence-electron chi connectivity index (χ1n) is 9.97. The average molecular weight is 349 g/mol. The minimum absolute atomic E-state index is 0.0724. The summed E-state index contributed by atoms with van der Waals surface area (Å²) >= 11 is 0. The first-order chi connectivity index (χ1) is 12.3. The van der Waals surface area contributed by atoms with Gasteiger partial charge in [-0.1, -0.05) is 48.5 Å². The smallest absolute Gasteiger partial charge is 0.0329 e. The van der Waals surface area contributed by atoms with E-state index in [1.807, 2.05) is 0 Å². The monoisotopic (exact) mass is 348 g/mol. The van der Waals surface area contributed by atoms with Gasteiger partial charge in [-0.05, 0) is 82.9 Å². The zero-order valence-corrected chi connectivity index (χ0v) is 16.9. The largest absolute Gasteiger partial charge is 0.313 e. The fraction of sp³-hybridized carbons (Fsp3) is 0.500. The van der Waals surface area contributed by atoms with Gasteiger partial charge in [0.1, 0.15) is 0 Å². The SMILES string of the molecule is CNC(C)(C)C(C)(C)N1CCC2(CC1)c1ccccc1-c1ccccc12. The highest BCUT2D eigenvalue weighted by atomic mass is 15.2. The van der Waals surface area contributed by atoms with Crippen molar-refractivity contribution in [1.29, 1.82) is 0 Å². The van der Waals surface area contributed by atoms with Gasteiger partial charge >= 0.3 is 0 Å². The molecule has 1 N–H and O–H groups in total. The number of benzene rings is 2. The van der Waals surface area contributed by atoms with Crippen LogP contribution in [0.3, 0.4) is 0 Å². The van der Waals surface area contributed by atoms with Gasteiger partial charge in [0.25, 0.3) is 0 Å². The summed E-state index contributed by atoms with van der Waals surface area (Å²) in [5.74, 6) is 0. The highest BCUT2D eigenvalue weighted by Gasteiger charge is 2.49. The maximum atomic E-state index is 3.53. The minimum atomic E-state index is 0.0724. The standard InChI is InChI=1S/C24H32N2/c1-22(2,25-5)23(3,4)26-16-14-24(15-17-26)20-12-8-6-10-18(20)19-11-7-9-13-21(19)24/h6-13,25H,14-17H2,1-5H3. The number of hydrogen-bond donors (Lipinski definition) is 1. The van der Waals surface area contributed by atoms with Gasteiger partial charge in [0.05, 0.1) is 0 Å². The Hall–Kier alpha value is -1.64. The van der Waals surface area contributed by atoms with Gasteiger partial charge < -0.3 is 5.32 Å². The molecule has 1 spiro atoms. The zero-order valence-electron chi connectivity index (χ0n) is 16.9. The van der Waals surface area contributed by atoms with Crippen LogP contribution in [-0.2, 0) is 5.41 Å². The van der Waals surface area contributed by atoms with Crippen LogP contribution in [-0.4, -0.2) is 36.1 Å². The van der Waals surface area contributed by atoms with E-state index in [4.69, 9.17) is 0 Å². The summed E-state index contributed by atoms with van der Waals surface area (Å²) in [6.45, 7) is 11.7. The van der Waals surface area contributed by atoms with Crippen molar-refractivity contribution in [2.75, 3.05) is 20.1 Å². The molecule has 2 nitrogen and oxygen atoms in total. The third kappa shape index (κ3) is 2.32. The van der Waals surface area contributed by atoms with Crippen LogP contribution in [0.1, 0.15) is 51.7 Å². The Bertz CT molecular complexity index is 763. The Balaban J connectivity index is 1.69. The molecule has 2 aliphatic rings. The second kappa shape index (κ2) is 5.94. The predicted octanol–water partition coefficient (Wildman–Crippen LogP) is 4.83. The van der Waals surface area contributed by atoms with Crippen LogP contribution >= 0.6 is 0 Å². The molecule has 1 heterocycles. The number of nitrogens with one attached hydrogen (secondary N) is 1. The molecule has 1 fully saturated rings. The molecule has 2 aromatic rings. The summed E-state index contributed by atoms with van der Waals surface area (Å²) in [6, 6.07) is 18.2. The summed E-state index contributed by atoms with van der Waals surface area (Å²) in [6.07, 6.45) is 2.40. The summed E-state index contributed by atoms with van der Waals surface area (Å²) in [7, 11) is 2.08. The van der Waals surface area contributed by atoms with Crippen molar-refractivity contribution in [1.82, 2.24) is 10.2 Å². The first kappa shape index (κ1) is 17.8. The van der Waals surface area contributed by atoms with E-state index >= 15 is 0 Å². The maximum absolute atomic E-state index is 3.53. The number of piperidine rings is 1. The quantitative estimate of drug-likeness (QED) is 0.855. The van der Waals surface area contributed by atoms with Gasteiger partial charge in [0.15, 0.2) is 0 Å². The summed E-state index contributed by atoms with van der Waals surface area (Å²) in [5, 5.41) is 3.53. The molecule has 1 saturated heterocycles. The molecule has 0 aromatic heterocycles. The van der Waals surface area contributed by atoms with Crippen molar-refractivity contribution in [3.05, 3.63) is 59.7 Å². The minimum Gasteiger partial charge on any atom is -0.313 e. The molecule has 26 heavy (non-hydrogen) atoms. The lowest BCUT2D eigenvalue weighted by molar-refractivity contribution is 0.0150. The van der Waals surface area contributed by atoms with E-state index in [9.17, 15) is 0 Å². The molecule has 1 aliphatic carbocycles. The molecule has 1 aliphatic heterocycles. The van der Waals surface area contributed by atoms with Crippen molar-refractivity contribution >= 4 is 0 Å². The fourth-order valence-electron chi connectivity index (χ4n) is 5.10. The van der Waals surface area contributed by atoms with E-state index in [-0.39, 0.29) is 16.5 Å². The predicted molar refractivity (Wildman–Crippen MR) is 111 cm³/mol. The van der Waals surface area contributed by atoms with Crippen LogP contribution in [0, 0.1) is 0 Å². The Kier molecular flexibility index (Phi) is 4.05. The third-order valence-electron chi connectivity index (χ3n) is 7.74. The maximum Gasteiger partial charge on any atom is 0.0329 e. The van der Waals surface area contributed by atoms with E-state index in [2.05, 4.69) is 93.5 Å². The van der Waals surface area contributed by atoms with Crippen molar-refractivity contribution in [2.24, 2.45) is 0 Å². The average Bonchev–Trinajstić information content (AvgIpc) is 2.93. The fourth-order valence-corrected chi connectivity index (χ4v) is 5.10. The van der Waals surface area contributed by atoms with Crippen LogP contribution in [0.4, 0.5) is 0 Å². The van der Waals surface area contributed by atoms with Crippen LogP contribution in [0.15, 0.2) is 48.5 Å². The van der Waals surface area contributed by atoms with Crippen molar-refractivity contribution in [3.63, 3.8) is 0 Å². The summed E-state index contributed by atoms with van der Waals surface area (Å²) in [4.78, 5) is 2.69. The number of hydrogen-bond acceptors (Lipinski definition) is 2. The van der Waals surface area contributed by atoms with Gasteiger partial charge in [-0.3, -0.25) is 4.90 Å². The topological polar surface area (TPSA) is 15.3 Å². The molecule has 0 unspecified atom stereocenters. The molecule has 2 heteroatoms. The van der Waals surface area contributed by atoms with Crippen molar-refractivity contribution < 1.29 is 0 Å². The number of nitrogens with zero attached hydrogens (tertiary/aromatic N) is 1. The number of rotatable bonds is 3. The molecular weight excluding hydrogens is 316 g/mol. The molecule has 4 rings (SSSR count). The van der Waals surface area contributed by atoms with E-state index < -0.39 is 0 Å². The molecule has 2 aromatic carbocycles. The van der Waals surface area contributed by atoms with Gasteiger partial charge in [0, 0.05) is 16.5 Å². The Morgan fingerprint density at radius 3 is 1.73 bits per heavy atom. The number of fused-ring (bicyclic) bond motifs is 5. The second-order valence-corrected chi connectivity index (χ2v) is 9.09. The molecule has 0 bridgehead atoms. The van der Waals surface area contributed by atoms with Gasteiger partial charge in [0.2, 0.25) is 0 Å². The van der Waals surface area contributed by atoms with Crippen LogP contribution in [0.25, 0.3) is 11.1 Å².